The number of benzene rings is 1. The van der Waals surface area contributed by atoms with Gasteiger partial charge in [-0.25, -0.2) is 9.97 Å². The summed E-state index contributed by atoms with van der Waals surface area (Å²) >= 11 is 2.24. The van der Waals surface area contributed by atoms with Crippen molar-refractivity contribution in [1.29, 1.82) is 5.26 Å². The second-order valence-corrected chi connectivity index (χ2v) is 5.37. The molecule has 0 aliphatic heterocycles. The standard InChI is InChI=1S/C16H15IN4/c1-11-8-13(4-3-6-18)9-12(2)16(11)21-14-5-7-19-15(10-17)20-14/h3-5,7-9H,10H2,1-2H3,(H,19,20,21)/b4-3+. The van der Waals surface area contributed by atoms with Crippen molar-refractivity contribution in [2.75, 3.05) is 5.32 Å². The summed E-state index contributed by atoms with van der Waals surface area (Å²) in [6.45, 7) is 4.08. The average molecular weight is 390 g/mol. The monoisotopic (exact) mass is 390 g/mol. The fourth-order valence-corrected chi connectivity index (χ4v) is 2.45. The lowest BCUT2D eigenvalue weighted by molar-refractivity contribution is 1.05. The van der Waals surface area contributed by atoms with E-state index in [-0.39, 0.29) is 0 Å². The molecule has 1 heterocycles. The van der Waals surface area contributed by atoms with Gasteiger partial charge in [-0.3, -0.25) is 0 Å². The van der Waals surface area contributed by atoms with E-state index in [0.29, 0.717) is 0 Å². The van der Waals surface area contributed by atoms with Crippen LogP contribution in [-0.2, 0) is 4.43 Å². The van der Waals surface area contributed by atoms with Crippen LogP contribution in [0.4, 0.5) is 11.5 Å². The lowest BCUT2D eigenvalue weighted by Gasteiger charge is -2.13. The van der Waals surface area contributed by atoms with Gasteiger partial charge in [0.05, 0.1) is 10.5 Å². The zero-order chi connectivity index (χ0) is 15.2. The van der Waals surface area contributed by atoms with E-state index in [1.165, 1.54) is 6.08 Å². The van der Waals surface area contributed by atoms with Gasteiger partial charge >= 0.3 is 0 Å². The van der Waals surface area contributed by atoms with E-state index >= 15 is 0 Å². The zero-order valence-corrected chi connectivity index (χ0v) is 14.0. The number of nitrogens with zero attached hydrogens (tertiary/aromatic N) is 3. The summed E-state index contributed by atoms with van der Waals surface area (Å²) in [5.41, 5.74) is 4.29. The molecular weight excluding hydrogens is 375 g/mol. The predicted molar refractivity (Wildman–Crippen MR) is 93.6 cm³/mol. The highest BCUT2D eigenvalue weighted by Gasteiger charge is 2.06. The number of halogens is 1. The Labute approximate surface area is 138 Å². The predicted octanol–water partition coefficient (Wildman–Crippen LogP) is 4.31. The summed E-state index contributed by atoms with van der Waals surface area (Å²) in [6, 6.07) is 7.96. The van der Waals surface area contributed by atoms with E-state index in [1.807, 2.05) is 44.2 Å². The molecule has 0 atom stereocenters. The molecule has 4 nitrogen and oxygen atoms in total. The molecule has 0 saturated carbocycles. The molecule has 21 heavy (non-hydrogen) atoms. The first kappa shape index (κ1) is 15.4. The Bertz CT molecular complexity index is 693. The highest BCUT2D eigenvalue weighted by molar-refractivity contribution is 14.1. The maximum atomic E-state index is 8.60. The fourth-order valence-electron chi connectivity index (χ4n) is 2.09. The lowest BCUT2D eigenvalue weighted by atomic mass is 10.0. The molecular formula is C16H15IN4. The number of alkyl halides is 1. The van der Waals surface area contributed by atoms with Gasteiger partial charge in [0, 0.05) is 18.0 Å². The van der Waals surface area contributed by atoms with Gasteiger partial charge in [-0.05, 0) is 54.8 Å². The van der Waals surface area contributed by atoms with E-state index in [1.54, 1.807) is 6.20 Å². The van der Waals surface area contributed by atoms with Gasteiger partial charge in [0.1, 0.15) is 11.6 Å². The van der Waals surface area contributed by atoms with Gasteiger partial charge in [-0.2, -0.15) is 5.26 Å². The second kappa shape index (κ2) is 7.18. The molecule has 2 aromatic rings. The second-order valence-electron chi connectivity index (χ2n) is 4.61. The van der Waals surface area contributed by atoms with E-state index in [9.17, 15) is 0 Å². The van der Waals surface area contributed by atoms with Gasteiger partial charge in [-0.1, -0.05) is 22.6 Å². The molecule has 1 aromatic carbocycles. The number of nitriles is 1. The Morgan fingerprint density at radius 2 is 2.05 bits per heavy atom. The quantitative estimate of drug-likeness (QED) is 0.480. The van der Waals surface area contributed by atoms with Gasteiger partial charge < -0.3 is 5.32 Å². The molecule has 5 heteroatoms. The Morgan fingerprint density at radius 3 is 2.67 bits per heavy atom. The molecule has 1 aromatic heterocycles. The molecule has 0 amide bonds. The Balaban J connectivity index is 2.32. The van der Waals surface area contributed by atoms with Crippen LogP contribution in [0.1, 0.15) is 22.5 Å². The van der Waals surface area contributed by atoms with Crippen LogP contribution in [0.5, 0.6) is 0 Å². The SMILES string of the molecule is Cc1cc(/C=C/C#N)cc(C)c1Nc1ccnc(CI)n1. The maximum absolute atomic E-state index is 8.60. The van der Waals surface area contributed by atoms with Crippen molar-refractivity contribution < 1.29 is 0 Å². The first-order valence-electron chi connectivity index (χ1n) is 6.46. The summed E-state index contributed by atoms with van der Waals surface area (Å²) in [4.78, 5) is 8.65. The van der Waals surface area contributed by atoms with Crippen LogP contribution in [0, 0.1) is 25.2 Å². The van der Waals surface area contributed by atoms with Gasteiger partial charge in [0.15, 0.2) is 0 Å². The number of nitrogens with one attached hydrogen (secondary N) is 1. The van der Waals surface area contributed by atoms with Crippen molar-refractivity contribution in [3.63, 3.8) is 0 Å². The Kier molecular flexibility index (Phi) is 5.28. The van der Waals surface area contributed by atoms with Crippen LogP contribution >= 0.6 is 22.6 Å². The van der Waals surface area contributed by atoms with E-state index in [4.69, 9.17) is 5.26 Å². The molecule has 1 N–H and O–H groups in total. The third-order valence-corrected chi connectivity index (χ3v) is 3.67. The molecule has 0 bridgehead atoms. The summed E-state index contributed by atoms with van der Waals surface area (Å²) < 4.78 is 0.781. The smallest absolute Gasteiger partial charge is 0.140 e. The van der Waals surface area contributed by atoms with Crippen LogP contribution in [0.25, 0.3) is 6.08 Å². The van der Waals surface area contributed by atoms with Crippen LogP contribution < -0.4 is 5.32 Å². The van der Waals surface area contributed by atoms with Crippen molar-refractivity contribution in [1.82, 2.24) is 9.97 Å². The third-order valence-electron chi connectivity index (χ3n) is 2.98. The maximum Gasteiger partial charge on any atom is 0.140 e. The van der Waals surface area contributed by atoms with Crippen molar-refractivity contribution in [3.05, 3.63) is 53.0 Å². The summed E-state index contributed by atoms with van der Waals surface area (Å²) in [5.74, 6) is 1.60. The molecule has 2 rings (SSSR count). The normalized spacial score (nSPS) is 10.6. The van der Waals surface area contributed by atoms with Gasteiger partial charge in [-0.15, -0.1) is 0 Å². The highest BCUT2D eigenvalue weighted by atomic mass is 127. The first-order chi connectivity index (χ1) is 10.1. The number of hydrogen-bond acceptors (Lipinski definition) is 4. The molecule has 0 unspecified atom stereocenters. The van der Waals surface area contributed by atoms with Gasteiger partial charge in [0.25, 0.3) is 0 Å². The number of aromatic nitrogens is 2. The minimum atomic E-state index is 0.781. The molecule has 106 valence electrons. The van der Waals surface area contributed by atoms with Crippen LogP contribution in [0.3, 0.4) is 0 Å². The number of rotatable bonds is 4. The number of allylic oxidation sites excluding steroid dienone is 1. The molecule has 0 spiro atoms. The lowest BCUT2D eigenvalue weighted by Crippen LogP contribution is -2.01. The molecule has 0 fully saturated rings. The largest absolute Gasteiger partial charge is 0.340 e. The Morgan fingerprint density at radius 1 is 1.33 bits per heavy atom. The van der Waals surface area contributed by atoms with Crippen LogP contribution in [0.15, 0.2) is 30.5 Å². The van der Waals surface area contributed by atoms with Crippen LogP contribution in [0.2, 0.25) is 0 Å². The minimum absolute atomic E-state index is 0.781. The number of hydrogen-bond donors (Lipinski definition) is 1. The van der Waals surface area contributed by atoms with E-state index in [0.717, 1.165) is 38.4 Å². The summed E-state index contributed by atoms with van der Waals surface area (Å²) in [5, 5.41) is 12.0. The third kappa shape index (κ3) is 4.02. The number of aryl methyl sites for hydroxylation is 2. The molecule has 0 saturated heterocycles. The minimum Gasteiger partial charge on any atom is -0.340 e. The van der Waals surface area contributed by atoms with Crippen molar-refractivity contribution in [2.24, 2.45) is 0 Å². The Hall–Kier alpha value is -1.94. The summed E-state index contributed by atoms with van der Waals surface area (Å²) in [6.07, 6.45) is 5.05. The first-order valence-corrected chi connectivity index (χ1v) is 7.99. The summed E-state index contributed by atoms with van der Waals surface area (Å²) in [7, 11) is 0. The molecule has 0 aliphatic rings. The topological polar surface area (TPSA) is 61.6 Å². The van der Waals surface area contributed by atoms with Crippen molar-refractivity contribution >= 4 is 40.2 Å². The molecule has 0 radical (unpaired) electrons. The van der Waals surface area contributed by atoms with E-state index < -0.39 is 0 Å². The average Bonchev–Trinajstić information content (AvgIpc) is 2.49. The van der Waals surface area contributed by atoms with Gasteiger partial charge in [0.2, 0.25) is 0 Å². The molecule has 0 aliphatic carbocycles. The van der Waals surface area contributed by atoms with Crippen molar-refractivity contribution in [3.8, 4) is 6.07 Å². The van der Waals surface area contributed by atoms with Crippen LogP contribution in [-0.4, -0.2) is 9.97 Å². The number of anilines is 2. The van der Waals surface area contributed by atoms with E-state index in [2.05, 4.69) is 37.9 Å². The zero-order valence-electron chi connectivity index (χ0n) is 11.9. The highest BCUT2D eigenvalue weighted by Crippen LogP contribution is 2.25. The van der Waals surface area contributed by atoms with Crippen molar-refractivity contribution in [2.45, 2.75) is 18.3 Å². The fraction of sp³-hybridized carbons (Fsp3) is 0.188.